The third-order valence-electron chi connectivity index (χ3n) is 1.66. The summed E-state index contributed by atoms with van der Waals surface area (Å²) in [6.45, 7) is 6.43. The van der Waals surface area contributed by atoms with Crippen LogP contribution in [0.15, 0.2) is 24.3 Å². The van der Waals surface area contributed by atoms with Crippen molar-refractivity contribution in [3.63, 3.8) is 0 Å². The number of benzene rings is 1. The highest BCUT2D eigenvalue weighted by Gasteiger charge is 2.16. The third kappa shape index (κ3) is 10.9. The Labute approximate surface area is 118 Å². The van der Waals surface area contributed by atoms with Crippen LogP contribution in [0.5, 0.6) is 5.75 Å². The van der Waals surface area contributed by atoms with Crippen LogP contribution in [0.1, 0.15) is 27.7 Å². The lowest BCUT2D eigenvalue weighted by molar-refractivity contribution is -0.157. The highest BCUT2D eigenvalue weighted by atomic mass is 16.6. The van der Waals surface area contributed by atoms with Gasteiger partial charge in [-0.15, -0.1) is 0 Å². The van der Waals surface area contributed by atoms with E-state index in [4.69, 9.17) is 25.1 Å². The van der Waals surface area contributed by atoms with Crippen molar-refractivity contribution in [2.45, 2.75) is 33.3 Å². The van der Waals surface area contributed by atoms with Gasteiger partial charge in [-0.2, -0.15) is 0 Å². The molecule has 112 valence electrons. The molecule has 0 aliphatic heterocycles. The molecular formula is C14H21NO5. The van der Waals surface area contributed by atoms with E-state index in [0.29, 0.717) is 11.4 Å². The van der Waals surface area contributed by atoms with Crippen molar-refractivity contribution in [2.75, 3.05) is 12.3 Å². The number of hydrogen-bond acceptors (Lipinski definition) is 5. The minimum absolute atomic E-state index is 0.0960. The quantitative estimate of drug-likeness (QED) is 0.651. The maximum atomic E-state index is 11.3. The molecule has 0 heterocycles. The molecule has 1 aromatic carbocycles. The van der Waals surface area contributed by atoms with Crippen LogP contribution in [-0.4, -0.2) is 29.3 Å². The molecule has 1 rings (SSSR count). The summed E-state index contributed by atoms with van der Waals surface area (Å²) >= 11 is 0. The lowest BCUT2D eigenvalue weighted by Crippen LogP contribution is -2.27. The second-order valence-corrected chi connectivity index (χ2v) is 4.96. The van der Waals surface area contributed by atoms with Gasteiger partial charge in [0.05, 0.1) is 0 Å². The van der Waals surface area contributed by atoms with E-state index in [1.807, 2.05) is 20.8 Å². The predicted octanol–water partition coefficient (Wildman–Crippen LogP) is 2.08. The average molecular weight is 283 g/mol. The van der Waals surface area contributed by atoms with Gasteiger partial charge in [-0.05, 0) is 45.0 Å². The Morgan fingerprint density at radius 3 is 2.05 bits per heavy atom. The summed E-state index contributed by atoms with van der Waals surface area (Å²) in [4.78, 5) is 20.3. The van der Waals surface area contributed by atoms with E-state index in [1.54, 1.807) is 24.3 Å². The number of carboxylic acid groups (broad SMARTS) is 1. The van der Waals surface area contributed by atoms with Crippen LogP contribution < -0.4 is 10.5 Å². The molecule has 0 aliphatic carbocycles. The molecule has 0 saturated carbocycles. The molecule has 0 bridgehead atoms. The lowest BCUT2D eigenvalue weighted by atomic mass is 10.2. The summed E-state index contributed by atoms with van der Waals surface area (Å²) in [7, 11) is 0. The molecule has 0 atom stereocenters. The van der Waals surface area contributed by atoms with Crippen molar-refractivity contribution in [3.05, 3.63) is 24.3 Å². The number of anilines is 1. The largest absolute Gasteiger partial charge is 0.482 e. The molecule has 1 aromatic rings. The van der Waals surface area contributed by atoms with Crippen molar-refractivity contribution in [3.8, 4) is 5.75 Å². The van der Waals surface area contributed by atoms with E-state index in [0.717, 1.165) is 6.92 Å². The number of nitrogen functional groups attached to an aromatic ring is 1. The number of carbonyl (C=O) groups excluding carboxylic acids is 1. The summed E-state index contributed by atoms with van der Waals surface area (Å²) in [5, 5.41) is 7.42. The summed E-state index contributed by atoms with van der Waals surface area (Å²) in [6, 6.07) is 6.84. The van der Waals surface area contributed by atoms with Crippen LogP contribution in [0.25, 0.3) is 0 Å². The molecular weight excluding hydrogens is 262 g/mol. The molecule has 0 unspecified atom stereocenters. The van der Waals surface area contributed by atoms with Crippen molar-refractivity contribution < 1.29 is 24.2 Å². The number of hydrogen-bond donors (Lipinski definition) is 2. The molecule has 0 spiro atoms. The van der Waals surface area contributed by atoms with Gasteiger partial charge in [0.15, 0.2) is 6.61 Å². The van der Waals surface area contributed by atoms with E-state index < -0.39 is 11.6 Å². The molecule has 20 heavy (non-hydrogen) atoms. The summed E-state index contributed by atoms with van der Waals surface area (Å²) in [5.41, 5.74) is 5.69. The molecule has 0 aliphatic rings. The van der Waals surface area contributed by atoms with Crippen LogP contribution in [0.3, 0.4) is 0 Å². The van der Waals surface area contributed by atoms with Crippen LogP contribution in [0, 0.1) is 0 Å². The van der Waals surface area contributed by atoms with Gasteiger partial charge in [-0.3, -0.25) is 4.79 Å². The zero-order valence-electron chi connectivity index (χ0n) is 12.2. The third-order valence-corrected chi connectivity index (χ3v) is 1.66. The van der Waals surface area contributed by atoms with Gasteiger partial charge < -0.3 is 20.3 Å². The Balaban J connectivity index is 0.000000796. The first-order valence-corrected chi connectivity index (χ1v) is 6.00. The molecule has 6 heteroatoms. The van der Waals surface area contributed by atoms with Crippen molar-refractivity contribution in [2.24, 2.45) is 0 Å². The van der Waals surface area contributed by atoms with Crippen molar-refractivity contribution in [1.29, 1.82) is 0 Å². The summed E-state index contributed by atoms with van der Waals surface area (Å²) in [5.74, 6) is -0.621. The Morgan fingerprint density at radius 2 is 1.65 bits per heavy atom. The topological polar surface area (TPSA) is 98.8 Å². The number of carbonyl (C=O) groups is 2. The van der Waals surface area contributed by atoms with E-state index in [1.165, 1.54) is 0 Å². The van der Waals surface area contributed by atoms with E-state index in [2.05, 4.69) is 0 Å². The van der Waals surface area contributed by atoms with E-state index in [9.17, 15) is 4.79 Å². The standard InChI is InChI=1S/C12H17NO3.C2H4O2/c1-12(2,3)16-11(14)8-15-10-6-4-9(13)5-7-10;1-2(3)4/h4-7H,8,13H2,1-3H3;1H3,(H,3,4). The number of aliphatic carboxylic acids is 1. The van der Waals surface area contributed by atoms with Crippen LogP contribution in [0.2, 0.25) is 0 Å². The first kappa shape index (κ1) is 17.8. The smallest absolute Gasteiger partial charge is 0.344 e. The van der Waals surface area contributed by atoms with Gasteiger partial charge in [0.25, 0.3) is 5.97 Å². The van der Waals surface area contributed by atoms with Crippen molar-refractivity contribution in [1.82, 2.24) is 0 Å². The minimum atomic E-state index is -0.833. The highest BCUT2D eigenvalue weighted by molar-refractivity contribution is 5.71. The molecule has 0 saturated heterocycles. The van der Waals surface area contributed by atoms with Crippen LogP contribution in [-0.2, 0) is 14.3 Å². The Kier molecular flexibility index (Phi) is 7.14. The zero-order valence-corrected chi connectivity index (χ0v) is 12.2. The monoisotopic (exact) mass is 283 g/mol. The molecule has 0 radical (unpaired) electrons. The average Bonchev–Trinajstić information content (AvgIpc) is 2.25. The number of carboxylic acids is 1. The number of rotatable bonds is 3. The van der Waals surface area contributed by atoms with Gasteiger partial charge in [-0.25, -0.2) is 4.79 Å². The SMILES string of the molecule is CC(=O)O.CC(C)(C)OC(=O)COc1ccc(N)cc1. The van der Waals surface area contributed by atoms with Crippen molar-refractivity contribution >= 4 is 17.6 Å². The summed E-state index contributed by atoms with van der Waals surface area (Å²) < 4.78 is 10.3. The Morgan fingerprint density at radius 1 is 1.20 bits per heavy atom. The fourth-order valence-corrected chi connectivity index (χ4v) is 1.08. The van der Waals surface area contributed by atoms with Gasteiger partial charge in [-0.1, -0.05) is 0 Å². The highest BCUT2D eigenvalue weighted by Crippen LogP contribution is 2.13. The fraction of sp³-hybridized carbons (Fsp3) is 0.429. The molecule has 0 fully saturated rings. The van der Waals surface area contributed by atoms with Gasteiger partial charge in [0.2, 0.25) is 0 Å². The maximum Gasteiger partial charge on any atom is 0.344 e. The van der Waals surface area contributed by atoms with Crippen LogP contribution in [0.4, 0.5) is 5.69 Å². The van der Waals surface area contributed by atoms with Gasteiger partial charge >= 0.3 is 5.97 Å². The lowest BCUT2D eigenvalue weighted by Gasteiger charge is -2.19. The molecule has 0 amide bonds. The second kappa shape index (κ2) is 8.04. The van der Waals surface area contributed by atoms with E-state index >= 15 is 0 Å². The molecule has 6 nitrogen and oxygen atoms in total. The van der Waals surface area contributed by atoms with Gasteiger partial charge in [0, 0.05) is 12.6 Å². The molecule has 0 aromatic heterocycles. The second-order valence-electron chi connectivity index (χ2n) is 4.96. The fourth-order valence-electron chi connectivity index (χ4n) is 1.08. The molecule has 3 N–H and O–H groups in total. The minimum Gasteiger partial charge on any atom is -0.482 e. The van der Waals surface area contributed by atoms with E-state index in [-0.39, 0.29) is 12.6 Å². The summed E-state index contributed by atoms with van der Waals surface area (Å²) in [6.07, 6.45) is 0. The first-order chi connectivity index (χ1) is 9.10. The van der Waals surface area contributed by atoms with Crippen LogP contribution >= 0.6 is 0 Å². The van der Waals surface area contributed by atoms with Gasteiger partial charge in [0.1, 0.15) is 11.4 Å². The Bertz CT molecular complexity index is 430. The zero-order chi connectivity index (χ0) is 15.8. The first-order valence-electron chi connectivity index (χ1n) is 6.00. The Hall–Kier alpha value is -2.24. The normalized spacial score (nSPS) is 10.0. The number of nitrogens with two attached hydrogens (primary N) is 1. The maximum absolute atomic E-state index is 11.3. The number of ether oxygens (including phenoxy) is 2. The predicted molar refractivity (Wildman–Crippen MR) is 75.5 cm³/mol. The number of esters is 1.